The van der Waals surface area contributed by atoms with Crippen LogP contribution in [0.15, 0.2) is 6.07 Å². The van der Waals surface area contributed by atoms with Gasteiger partial charge >= 0.3 is 0 Å². The lowest BCUT2D eigenvalue weighted by atomic mass is 10.0. The third-order valence-corrected chi connectivity index (χ3v) is 5.69. The lowest BCUT2D eigenvalue weighted by Crippen LogP contribution is -2.34. The van der Waals surface area contributed by atoms with E-state index in [-0.39, 0.29) is 17.5 Å². The minimum absolute atomic E-state index is 0.0295. The highest BCUT2D eigenvalue weighted by atomic mass is 16.2. The smallest absolute Gasteiger partial charge is 0.254 e. The van der Waals surface area contributed by atoms with E-state index in [2.05, 4.69) is 34.6 Å². The molecule has 1 saturated carbocycles. The van der Waals surface area contributed by atoms with Crippen LogP contribution >= 0.6 is 0 Å². The third kappa shape index (κ3) is 4.07. The van der Waals surface area contributed by atoms with Gasteiger partial charge in [-0.25, -0.2) is 9.67 Å². The molecule has 2 aromatic heterocycles. The summed E-state index contributed by atoms with van der Waals surface area (Å²) in [6, 6.07) is 2.10. The molecule has 3 rings (SSSR count). The number of aryl methyl sites for hydroxylation is 1. The predicted octanol–water partition coefficient (Wildman–Crippen LogP) is 3.82. The van der Waals surface area contributed by atoms with Gasteiger partial charge in [-0.2, -0.15) is 5.10 Å². The first-order valence-corrected chi connectivity index (χ1v) is 10.4. The highest BCUT2D eigenvalue weighted by Gasteiger charge is 2.31. The highest BCUT2D eigenvalue weighted by Crippen LogP contribution is 2.41. The predicted molar refractivity (Wildman–Crippen MR) is 114 cm³/mol. The molecule has 0 aromatic carbocycles. The quantitative estimate of drug-likeness (QED) is 0.820. The van der Waals surface area contributed by atoms with Crippen molar-refractivity contribution >= 4 is 16.9 Å². The number of amides is 1. The Morgan fingerprint density at radius 3 is 2.54 bits per heavy atom. The number of carbonyl (C=O) groups excluding carboxylic acids is 1. The zero-order valence-electron chi connectivity index (χ0n) is 18.4. The van der Waals surface area contributed by atoms with Crippen LogP contribution in [0.3, 0.4) is 0 Å². The summed E-state index contributed by atoms with van der Waals surface area (Å²) in [6.07, 6.45) is 3.09. The van der Waals surface area contributed by atoms with Crippen LogP contribution in [0, 0.1) is 12.8 Å². The zero-order chi connectivity index (χ0) is 20.8. The van der Waals surface area contributed by atoms with Gasteiger partial charge in [-0.15, -0.1) is 0 Å². The van der Waals surface area contributed by atoms with Crippen LogP contribution in [-0.2, 0) is 5.54 Å². The lowest BCUT2D eigenvalue weighted by Gasteiger charge is -2.23. The molecule has 6 heteroatoms. The number of fused-ring (bicyclic) bond motifs is 1. The number of hydrogen-bond acceptors (Lipinski definition) is 4. The average molecular weight is 386 g/mol. The molecular formula is C22H35N5O. The van der Waals surface area contributed by atoms with E-state index in [0.29, 0.717) is 18.4 Å². The van der Waals surface area contributed by atoms with Crippen molar-refractivity contribution in [1.82, 2.24) is 19.7 Å². The number of nitrogens with two attached hydrogens (primary N) is 1. The highest BCUT2D eigenvalue weighted by molar-refractivity contribution is 6.06. The normalized spacial score (nSPS) is 16.0. The molecular weight excluding hydrogens is 350 g/mol. The molecule has 2 aromatic rings. The van der Waals surface area contributed by atoms with E-state index >= 15 is 0 Å². The zero-order valence-corrected chi connectivity index (χ0v) is 18.4. The molecule has 1 unspecified atom stereocenters. The summed E-state index contributed by atoms with van der Waals surface area (Å²) in [4.78, 5) is 20.1. The standard InChI is InChI=1S/C22H35N5O/c1-13(2)17(23)10-11-26(7)21(28)16-12-18(15-8-9-15)24-20-19(16)14(3)25-27(20)22(4,5)6/h12-13,15,17H,8-11,23H2,1-7H3. The molecule has 1 aliphatic carbocycles. The molecule has 1 fully saturated rings. The molecule has 0 saturated heterocycles. The first kappa shape index (κ1) is 20.8. The average Bonchev–Trinajstić information content (AvgIpc) is 3.41. The Morgan fingerprint density at radius 2 is 2.00 bits per heavy atom. The summed E-state index contributed by atoms with van der Waals surface area (Å²) < 4.78 is 1.97. The van der Waals surface area contributed by atoms with Gasteiger partial charge in [-0.1, -0.05) is 13.8 Å². The van der Waals surface area contributed by atoms with Crippen molar-refractivity contribution in [3.63, 3.8) is 0 Å². The van der Waals surface area contributed by atoms with Crippen LogP contribution in [0.25, 0.3) is 11.0 Å². The number of carbonyl (C=O) groups is 1. The van der Waals surface area contributed by atoms with Gasteiger partial charge in [0.2, 0.25) is 0 Å². The summed E-state index contributed by atoms with van der Waals surface area (Å²) in [5, 5.41) is 5.62. The van der Waals surface area contributed by atoms with Gasteiger partial charge in [0.05, 0.1) is 22.2 Å². The Kier molecular flexibility index (Phi) is 5.54. The van der Waals surface area contributed by atoms with E-state index in [1.165, 1.54) is 0 Å². The van der Waals surface area contributed by atoms with Gasteiger partial charge < -0.3 is 10.6 Å². The molecule has 0 bridgehead atoms. The Hall–Kier alpha value is -1.95. The van der Waals surface area contributed by atoms with E-state index in [4.69, 9.17) is 15.8 Å². The molecule has 6 nitrogen and oxygen atoms in total. The second-order valence-corrected chi connectivity index (χ2v) is 9.66. The second-order valence-electron chi connectivity index (χ2n) is 9.66. The number of nitrogens with zero attached hydrogens (tertiary/aromatic N) is 4. The van der Waals surface area contributed by atoms with Crippen molar-refractivity contribution in [2.75, 3.05) is 13.6 Å². The summed E-state index contributed by atoms with van der Waals surface area (Å²) in [5.41, 5.74) is 9.41. The molecule has 1 aliphatic rings. The van der Waals surface area contributed by atoms with Crippen molar-refractivity contribution in [2.24, 2.45) is 11.7 Å². The maximum atomic E-state index is 13.4. The summed E-state index contributed by atoms with van der Waals surface area (Å²) in [7, 11) is 1.86. The summed E-state index contributed by atoms with van der Waals surface area (Å²) >= 11 is 0. The van der Waals surface area contributed by atoms with E-state index in [0.717, 1.165) is 47.2 Å². The van der Waals surface area contributed by atoms with E-state index < -0.39 is 0 Å². The van der Waals surface area contributed by atoms with Crippen molar-refractivity contribution in [1.29, 1.82) is 0 Å². The fraction of sp³-hybridized carbons (Fsp3) is 0.682. The van der Waals surface area contributed by atoms with Crippen molar-refractivity contribution in [3.8, 4) is 0 Å². The van der Waals surface area contributed by atoms with Crippen LogP contribution in [0.5, 0.6) is 0 Å². The van der Waals surface area contributed by atoms with Crippen molar-refractivity contribution in [2.45, 2.75) is 78.3 Å². The van der Waals surface area contributed by atoms with Crippen LogP contribution in [-0.4, -0.2) is 45.2 Å². The monoisotopic (exact) mass is 385 g/mol. The van der Waals surface area contributed by atoms with Crippen LogP contribution < -0.4 is 5.73 Å². The van der Waals surface area contributed by atoms with E-state index in [9.17, 15) is 4.79 Å². The number of pyridine rings is 1. The molecule has 0 spiro atoms. The number of rotatable bonds is 6. The first-order chi connectivity index (χ1) is 13.0. The second kappa shape index (κ2) is 7.47. The Bertz CT molecular complexity index is 873. The Balaban J connectivity index is 2.02. The van der Waals surface area contributed by atoms with Crippen molar-refractivity contribution < 1.29 is 4.79 Å². The van der Waals surface area contributed by atoms with Gasteiger partial charge in [0.25, 0.3) is 5.91 Å². The van der Waals surface area contributed by atoms with Crippen LogP contribution in [0.4, 0.5) is 0 Å². The van der Waals surface area contributed by atoms with Crippen LogP contribution in [0.1, 0.15) is 81.5 Å². The topological polar surface area (TPSA) is 77.0 Å². The maximum Gasteiger partial charge on any atom is 0.254 e. The molecule has 154 valence electrons. The van der Waals surface area contributed by atoms with E-state index in [1.54, 1.807) is 4.90 Å². The summed E-state index contributed by atoms with van der Waals surface area (Å²) in [6.45, 7) is 13.2. The molecule has 0 aliphatic heterocycles. The minimum atomic E-state index is -0.196. The fourth-order valence-corrected chi connectivity index (χ4v) is 3.52. The minimum Gasteiger partial charge on any atom is -0.342 e. The molecule has 1 atom stereocenters. The number of hydrogen-bond donors (Lipinski definition) is 1. The molecule has 28 heavy (non-hydrogen) atoms. The Morgan fingerprint density at radius 1 is 1.36 bits per heavy atom. The third-order valence-electron chi connectivity index (χ3n) is 5.69. The fourth-order valence-electron chi connectivity index (χ4n) is 3.52. The maximum absolute atomic E-state index is 13.4. The van der Waals surface area contributed by atoms with Gasteiger partial charge in [0.1, 0.15) is 0 Å². The largest absolute Gasteiger partial charge is 0.342 e. The Labute approximate surface area is 168 Å². The molecule has 1 amide bonds. The summed E-state index contributed by atoms with van der Waals surface area (Å²) in [5.74, 6) is 0.908. The molecule has 2 heterocycles. The van der Waals surface area contributed by atoms with Crippen molar-refractivity contribution in [3.05, 3.63) is 23.0 Å². The van der Waals surface area contributed by atoms with Gasteiger partial charge in [0, 0.05) is 31.2 Å². The molecule has 2 N–H and O–H groups in total. The van der Waals surface area contributed by atoms with Gasteiger partial charge in [-0.05, 0) is 58.9 Å². The van der Waals surface area contributed by atoms with E-state index in [1.807, 2.05) is 24.7 Å². The van der Waals surface area contributed by atoms with Gasteiger partial charge in [0.15, 0.2) is 5.65 Å². The molecule has 0 radical (unpaired) electrons. The lowest BCUT2D eigenvalue weighted by molar-refractivity contribution is 0.0791. The SMILES string of the molecule is Cc1nn(C(C)(C)C)c2nc(C3CC3)cc(C(=O)N(C)CCC(N)C(C)C)c12. The van der Waals surface area contributed by atoms with Gasteiger partial charge in [-0.3, -0.25) is 4.79 Å². The first-order valence-electron chi connectivity index (χ1n) is 10.4. The van der Waals surface area contributed by atoms with Crippen LogP contribution in [0.2, 0.25) is 0 Å². The number of aromatic nitrogens is 3.